The highest BCUT2D eigenvalue weighted by Gasteiger charge is 2.33. The van der Waals surface area contributed by atoms with Gasteiger partial charge in [0.25, 0.3) is 0 Å². The number of benzene rings is 1. The van der Waals surface area contributed by atoms with Gasteiger partial charge in [-0.25, -0.2) is 0 Å². The first-order chi connectivity index (χ1) is 8.24. The highest BCUT2D eigenvalue weighted by atomic mass is 16.2. The van der Waals surface area contributed by atoms with E-state index in [0.717, 1.165) is 32.4 Å². The summed E-state index contributed by atoms with van der Waals surface area (Å²) in [6, 6.07) is 8.56. The fourth-order valence-corrected chi connectivity index (χ4v) is 2.98. The Bertz CT molecular complexity index is 419. The van der Waals surface area contributed by atoms with E-state index in [0.29, 0.717) is 5.91 Å². The second-order valence-corrected chi connectivity index (χ2v) is 5.21. The predicted molar refractivity (Wildman–Crippen MR) is 66.5 cm³/mol. The summed E-state index contributed by atoms with van der Waals surface area (Å²) in [4.78, 5) is 14.3. The SMILES string of the molecule is N[C@@H]1CCN(C(=O)C2Cc3ccccc3C2)C1. The number of nitrogens with zero attached hydrogens (tertiary/aromatic N) is 1. The van der Waals surface area contributed by atoms with Crippen molar-refractivity contribution in [3.05, 3.63) is 35.4 Å². The van der Waals surface area contributed by atoms with Crippen molar-refractivity contribution < 1.29 is 4.79 Å². The van der Waals surface area contributed by atoms with Gasteiger partial charge in [0.15, 0.2) is 0 Å². The van der Waals surface area contributed by atoms with Crippen molar-refractivity contribution in [1.29, 1.82) is 0 Å². The summed E-state index contributed by atoms with van der Waals surface area (Å²) in [5.41, 5.74) is 8.54. The van der Waals surface area contributed by atoms with Crippen LogP contribution in [0.3, 0.4) is 0 Å². The van der Waals surface area contributed by atoms with Crippen LogP contribution >= 0.6 is 0 Å². The fraction of sp³-hybridized carbons (Fsp3) is 0.500. The van der Waals surface area contributed by atoms with E-state index >= 15 is 0 Å². The van der Waals surface area contributed by atoms with Crippen LogP contribution in [0.4, 0.5) is 0 Å². The Balaban J connectivity index is 1.70. The van der Waals surface area contributed by atoms with Crippen LogP contribution in [0, 0.1) is 5.92 Å². The molecule has 1 atom stereocenters. The molecule has 0 unspecified atom stereocenters. The smallest absolute Gasteiger partial charge is 0.226 e. The Morgan fingerprint density at radius 2 is 1.88 bits per heavy atom. The number of amides is 1. The van der Waals surface area contributed by atoms with E-state index in [2.05, 4.69) is 24.3 Å². The van der Waals surface area contributed by atoms with Gasteiger partial charge in [0.1, 0.15) is 0 Å². The third kappa shape index (κ3) is 1.95. The molecule has 0 aromatic heterocycles. The lowest BCUT2D eigenvalue weighted by Gasteiger charge is -2.19. The molecule has 3 heteroatoms. The zero-order valence-corrected chi connectivity index (χ0v) is 9.93. The van der Waals surface area contributed by atoms with Crippen molar-refractivity contribution in [2.24, 2.45) is 11.7 Å². The molecular weight excluding hydrogens is 212 g/mol. The summed E-state index contributed by atoms with van der Waals surface area (Å²) in [7, 11) is 0. The molecule has 0 radical (unpaired) electrons. The van der Waals surface area contributed by atoms with Crippen molar-refractivity contribution >= 4 is 5.91 Å². The molecule has 0 saturated carbocycles. The maximum atomic E-state index is 12.3. The predicted octanol–water partition coefficient (Wildman–Crippen LogP) is 0.961. The first kappa shape index (κ1) is 10.8. The molecule has 1 fully saturated rings. The van der Waals surface area contributed by atoms with Crippen LogP contribution in [0.15, 0.2) is 24.3 Å². The summed E-state index contributed by atoms with van der Waals surface area (Å²) in [6.45, 7) is 1.58. The molecule has 0 spiro atoms. The number of rotatable bonds is 1. The third-order valence-corrected chi connectivity index (χ3v) is 3.94. The number of hydrogen-bond acceptors (Lipinski definition) is 2. The minimum Gasteiger partial charge on any atom is -0.341 e. The Morgan fingerprint density at radius 3 is 2.41 bits per heavy atom. The van der Waals surface area contributed by atoms with Gasteiger partial charge in [0.2, 0.25) is 5.91 Å². The fourth-order valence-electron chi connectivity index (χ4n) is 2.98. The summed E-state index contributed by atoms with van der Waals surface area (Å²) >= 11 is 0. The van der Waals surface area contributed by atoms with Gasteiger partial charge in [-0.3, -0.25) is 4.79 Å². The van der Waals surface area contributed by atoms with Crippen molar-refractivity contribution in [3.63, 3.8) is 0 Å². The number of nitrogens with two attached hydrogens (primary N) is 1. The van der Waals surface area contributed by atoms with Gasteiger partial charge in [-0.15, -0.1) is 0 Å². The molecule has 1 aromatic carbocycles. The molecule has 1 amide bonds. The van der Waals surface area contributed by atoms with E-state index in [1.165, 1.54) is 11.1 Å². The second kappa shape index (κ2) is 4.15. The highest BCUT2D eigenvalue weighted by molar-refractivity contribution is 5.80. The van der Waals surface area contributed by atoms with Crippen molar-refractivity contribution in [2.75, 3.05) is 13.1 Å². The lowest BCUT2D eigenvalue weighted by atomic mass is 10.1. The van der Waals surface area contributed by atoms with Crippen LogP contribution < -0.4 is 5.73 Å². The van der Waals surface area contributed by atoms with Gasteiger partial charge < -0.3 is 10.6 Å². The zero-order valence-electron chi connectivity index (χ0n) is 9.93. The molecule has 2 N–H and O–H groups in total. The molecule has 1 aliphatic heterocycles. The number of hydrogen-bond donors (Lipinski definition) is 1. The van der Waals surface area contributed by atoms with Gasteiger partial charge in [-0.2, -0.15) is 0 Å². The first-order valence-corrected chi connectivity index (χ1v) is 6.35. The first-order valence-electron chi connectivity index (χ1n) is 6.35. The van der Waals surface area contributed by atoms with Crippen LogP contribution in [0.5, 0.6) is 0 Å². The van der Waals surface area contributed by atoms with Gasteiger partial charge in [0, 0.05) is 25.0 Å². The number of likely N-dealkylation sites (tertiary alicyclic amines) is 1. The molecule has 1 heterocycles. The minimum absolute atomic E-state index is 0.151. The maximum Gasteiger partial charge on any atom is 0.226 e. The molecule has 1 aromatic rings. The molecular formula is C14H18N2O. The highest BCUT2D eigenvalue weighted by Crippen LogP contribution is 2.28. The van der Waals surface area contributed by atoms with E-state index in [4.69, 9.17) is 5.73 Å². The van der Waals surface area contributed by atoms with Crippen LogP contribution in [-0.2, 0) is 17.6 Å². The summed E-state index contributed by atoms with van der Waals surface area (Å²) in [5, 5.41) is 0. The van der Waals surface area contributed by atoms with Crippen molar-refractivity contribution in [1.82, 2.24) is 4.90 Å². The normalized spacial score (nSPS) is 24.1. The molecule has 3 rings (SSSR count). The lowest BCUT2D eigenvalue weighted by Crippen LogP contribution is -2.36. The number of carbonyl (C=O) groups excluding carboxylic acids is 1. The van der Waals surface area contributed by atoms with E-state index in [1.54, 1.807) is 0 Å². The standard InChI is InChI=1S/C14H18N2O/c15-13-5-6-16(9-13)14(17)12-7-10-3-1-2-4-11(10)8-12/h1-4,12-13H,5-9,15H2/t13-/m1/s1. The Kier molecular flexibility index (Phi) is 2.63. The van der Waals surface area contributed by atoms with Crippen molar-refractivity contribution in [2.45, 2.75) is 25.3 Å². The van der Waals surface area contributed by atoms with Gasteiger partial charge in [0.05, 0.1) is 0 Å². The van der Waals surface area contributed by atoms with Crippen molar-refractivity contribution in [3.8, 4) is 0 Å². The largest absolute Gasteiger partial charge is 0.341 e. The topological polar surface area (TPSA) is 46.3 Å². The second-order valence-electron chi connectivity index (χ2n) is 5.21. The molecule has 3 nitrogen and oxygen atoms in total. The number of fused-ring (bicyclic) bond motifs is 1. The summed E-state index contributed by atoms with van der Waals surface area (Å²) in [6.07, 6.45) is 2.76. The summed E-state index contributed by atoms with van der Waals surface area (Å²) in [5.74, 6) is 0.451. The lowest BCUT2D eigenvalue weighted by molar-refractivity contribution is -0.134. The average molecular weight is 230 g/mol. The molecule has 0 bridgehead atoms. The minimum atomic E-state index is 0.151. The summed E-state index contributed by atoms with van der Waals surface area (Å²) < 4.78 is 0. The van der Waals surface area contributed by atoms with E-state index in [9.17, 15) is 4.79 Å². The third-order valence-electron chi connectivity index (χ3n) is 3.94. The monoisotopic (exact) mass is 230 g/mol. The zero-order chi connectivity index (χ0) is 11.8. The van der Waals surface area contributed by atoms with Crippen LogP contribution in [-0.4, -0.2) is 29.9 Å². The van der Waals surface area contributed by atoms with Gasteiger partial charge in [-0.05, 0) is 30.4 Å². The average Bonchev–Trinajstić information content (AvgIpc) is 2.93. The van der Waals surface area contributed by atoms with Crippen LogP contribution in [0.2, 0.25) is 0 Å². The molecule has 2 aliphatic rings. The van der Waals surface area contributed by atoms with E-state index < -0.39 is 0 Å². The van der Waals surface area contributed by atoms with E-state index in [1.807, 2.05) is 4.90 Å². The van der Waals surface area contributed by atoms with Gasteiger partial charge >= 0.3 is 0 Å². The maximum absolute atomic E-state index is 12.3. The molecule has 1 aliphatic carbocycles. The Morgan fingerprint density at radius 1 is 1.24 bits per heavy atom. The quantitative estimate of drug-likeness (QED) is 0.781. The Hall–Kier alpha value is -1.35. The molecule has 90 valence electrons. The van der Waals surface area contributed by atoms with Crippen LogP contribution in [0.1, 0.15) is 17.5 Å². The van der Waals surface area contributed by atoms with E-state index in [-0.39, 0.29) is 12.0 Å². The van der Waals surface area contributed by atoms with Crippen LogP contribution in [0.25, 0.3) is 0 Å². The molecule has 17 heavy (non-hydrogen) atoms. The Labute approximate surface area is 102 Å². The van der Waals surface area contributed by atoms with Gasteiger partial charge in [-0.1, -0.05) is 24.3 Å². The molecule has 1 saturated heterocycles. The number of carbonyl (C=O) groups is 1.